The van der Waals surface area contributed by atoms with Crippen LogP contribution in [0.3, 0.4) is 0 Å². The second-order valence-corrected chi connectivity index (χ2v) is 14.5. The number of halogens is 3. The molecule has 2 aliphatic rings. The highest BCUT2D eigenvalue weighted by Crippen LogP contribution is 2.64. The molecule has 0 radical (unpaired) electrons. The fraction of sp³-hybridized carbons (Fsp3) is 0.458. The first-order valence-electron chi connectivity index (χ1n) is 11.2. The summed E-state index contributed by atoms with van der Waals surface area (Å²) in [7, 11) is -5.52. The van der Waals surface area contributed by atoms with Gasteiger partial charge in [0.25, 0.3) is 0 Å². The van der Waals surface area contributed by atoms with Crippen LogP contribution in [0.1, 0.15) is 31.7 Å². The van der Waals surface area contributed by atoms with Crippen LogP contribution in [0.15, 0.2) is 41.3 Å². The number of sulfone groups is 1. The minimum Gasteiger partial charge on any atom is -0.489 e. The first kappa shape index (κ1) is 27.0. The molecular weight excluding hydrogens is 536 g/mol. The SMILES string of the molecule is CN(C)S(=O)(=O)CC[C@H]1C(=O)CC[C@]2(S(=O)(=O)c3ccc(Cl)cc3)c3c(F)ccc(F)c3OC[C@]12C. The summed E-state index contributed by atoms with van der Waals surface area (Å²) in [5.74, 6) is -4.32. The number of hydrogen-bond acceptors (Lipinski definition) is 6. The van der Waals surface area contributed by atoms with Crippen LogP contribution in [0.4, 0.5) is 8.78 Å². The Morgan fingerprint density at radius 3 is 2.28 bits per heavy atom. The third-order valence-corrected chi connectivity index (χ3v) is 12.4. The first-order chi connectivity index (χ1) is 16.7. The van der Waals surface area contributed by atoms with Crippen LogP contribution in [-0.2, 0) is 29.4 Å². The summed E-state index contributed by atoms with van der Waals surface area (Å²) in [4.78, 5) is 13.0. The number of sulfonamides is 1. The van der Waals surface area contributed by atoms with Crippen molar-refractivity contribution in [3.63, 3.8) is 0 Å². The zero-order valence-electron chi connectivity index (χ0n) is 19.9. The van der Waals surface area contributed by atoms with Gasteiger partial charge in [-0.2, -0.15) is 0 Å². The van der Waals surface area contributed by atoms with Crippen LogP contribution in [0.5, 0.6) is 5.75 Å². The van der Waals surface area contributed by atoms with Crippen LogP contribution in [-0.4, -0.2) is 53.4 Å². The van der Waals surface area contributed by atoms with E-state index in [1.165, 1.54) is 45.3 Å². The average molecular weight is 562 g/mol. The van der Waals surface area contributed by atoms with E-state index in [4.69, 9.17) is 16.3 Å². The number of hydrogen-bond donors (Lipinski definition) is 0. The summed E-state index contributed by atoms with van der Waals surface area (Å²) >= 11 is 5.96. The topological polar surface area (TPSA) is 97.8 Å². The Hall–Kier alpha value is -2.08. The van der Waals surface area contributed by atoms with Crippen molar-refractivity contribution in [3.8, 4) is 5.75 Å². The number of carbonyl (C=O) groups is 1. The fourth-order valence-corrected chi connectivity index (χ4v) is 9.18. The third-order valence-electron chi connectivity index (χ3n) is 7.59. The fourth-order valence-electron chi connectivity index (χ4n) is 5.62. The highest BCUT2D eigenvalue weighted by atomic mass is 35.5. The van der Waals surface area contributed by atoms with Gasteiger partial charge in [-0.25, -0.2) is 29.9 Å². The van der Waals surface area contributed by atoms with Gasteiger partial charge in [0.1, 0.15) is 16.3 Å². The molecule has 36 heavy (non-hydrogen) atoms. The highest BCUT2D eigenvalue weighted by Gasteiger charge is 2.69. The largest absolute Gasteiger partial charge is 0.489 e. The molecule has 1 heterocycles. The number of nitrogens with zero attached hydrogens (tertiary/aromatic N) is 1. The quantitative estimate of drug-likeness (QED) is 0.530. The van der Waals surface area contributed by atoms with Crippen molar-refractivity contribution < 1.29 is 35.1 Å². The molecule has 1 saturated carbocycles. The maximum absolute atomic E-state index is 15.5. The summed E-state index contributed by atoms with van der Waals surface area (Å²) in [6.07, 6.45) is -0.783. The van der Waals surface area contributed by atoms with E-state index in [1.807, 2.05) is 0 Å². The summed E-state index contributed by atoms with van der Waals surface area (Å²) in [5, 5.41) is 0.282. The second-order valence-electron chi connectivity index (χ2n) is 9.63. The van der Waals surface area contributed by atoms with E-state index in [1.54, 1.807) is 0 Å². The standard InChI is InChI=1S/C24H26ClF2NO6S2/c1-23-14-34-22-19(27)9-8-18(26)21(22)24(23,36(32,33)16-6-4-15(25)5-7-16)12-10-20(29)17(23)11-13-35(30,31)28(2)3/h4-9,17H,10-14H2,1-3H3/t17-,23+,24-/m0/s1. The molecule has 0 saturated heterocycles. The lowest BCUT2D eigenvalue weighted by atomic mass is 9.56. The van der Waals surface area contributed by atoms with Gasteiger partial charge in [-0.1, -0.05) is 18.5 Å². The summed E-state index contributed by atoms with van der Waals surface area (Å²) in [5.41, 5.74) is -2.08. The summed E-state index contributed by atoms with van der Waals surface area (Å²) in [6, 6.07) is 7.00. The zero-order valence-corrected chi connectivity index (χ0v) is 22.3. The van der Waals surface area contributed by atoms with E-state index in [0.29, 0.717) is 0 Å². The molecule has 1 aliphatic carbocycles. The monoisotopic (exact) mass is 561 g/mol. The Kier molecular flexibility index (Phi) is 6.77. The van der Waals surface area contributed by atoms with Crippen LogP contribution in [0.2, 0.25) is 5.02 Å². The smallest absolute Gasteiger partial charge is 0.213 e. The van der Waals surface area contributed by atoms with Gasteiger partial charge >= 0.3 is 0 Å². The van der Waals surface area contributed by atoms with Gasteiger partial charge in [0.15, 0.2) is 21.4 Å². The molecule has 0 bridgehead atoms. The number of benzene rings is 2. The Balaban J connectivity index is 2.00. The summed E-state index contributed by atoms with van der Waals surface area (Å²) < 4.78 is 88.8. The lowest BCUT2D eigenvalue weighted by Crippen LogP contribution is -2.63. The van der Waals surface area contributed by atoms with Gasteiger partial charge in [-0.3, -0.25) is 4.79 Å². The first-order valence-corrected chi connectivity index (χ1v) is 14.7. The van der Waals surface area contributed by atoms with Gasteiger partial charge in [-0.15, -0.1) is 0 Å². The molecule has 2 aromatic rings. The molecule has 0 amide bonds. The number of rotatable bonds is 6. The van der Waals surface area contributed by atoms with Crippen molar-refractivity contribution in [1.82, 2.24) is 4.31 Å². The lowest BCUT2D eigenvalue weighted by Gasteiger charge is -2.56. The van der Waals surface area contributed by atoms with Crippen LogP contribution in [0.25, 0.3) is 0 Å². The van der Waals surface area contributed by atoms with Gasteiger partial charge in [0, 0.05) is 36.9 Å². The summed E-state index contributed by atoms with van der Waals surface area (Å²) in [6.45, 7) is 1.06. The van der Waals surface area contributed by atoms with Gasteiger partial charge < -0.3 is 4.74 Å². The molecule has 4 rings (SSSR count). The molecule has 7 nitrogen and oxygen atoms in total. The van der Waals surface area contributed by atoms with Gasteiger partial charge in [0.2, 0.25) is 10.0 Å². The predicted octanol–water partition coefficient (Wildman–Crippen LogP) is 3.95. The molecule has 196 valence electrons. The molecule has 2 aromatic carbocycles. The maximum atomic E-state index is 15.5. The second kappa shape index (κ2) is 9.04. The molecule has 3 atom stereocenters. The molecule has 1 aliphatic heterocycles. The minimum absolute atomic E-state index is 0.177. The normalized spacial score (nSPS) is 26.3. The van der Waals surface area contributed by atoms with Crippen LogP contribution < -0.4 is 4.74 Å². The Bertz CT molecular complexity index is 1430. The van der Waals surface area contributed by atoms with Crippen molar-refractivity contribution in [2.75, 3.05) is 26.5 Å². The molecular formula is C24H26ClF2NO6S2. The maximum Gasteiger partial charge on any atom is 0.213 e. The Morgan fingerprint density at radius 1 is 1.06 bits per heavy atom. The minimum atomic E-state index is -4.50. The van der Waals surface area contributed by atoms with Crippen molar-refractivity contribution in [3.05, 3.63) is 58.6 Å². The van der Waals surface area contributed by atoms with E-state index < -0.39 is 71.2 Å². The van der Waals surface area contributed by atoms with E-state index in [-0.39, 0.29) is 35.0 Å². The van der Waals surface area contributed by atoms with Crippen LogP contribution in [0, 0.1) is 23.0 Å². The average Bonchev–Trinajstić information content (AvgIpc) is 2.80. The molecule has 0 N–H and O–H groups in total. The molecule has 0 spiro atoms. The zero-order chi connectivity index (χ0) is 26.7. The van der Waals surface area contributed by atoms with Crippen molar-refractivity contribution >= 4 is 37.2 Å². The number of ether oxygens (including phenoxy) is 1. The van der Waals surface area contributed by atoms with Crippen molar-refractivity contribution in [2.24, 2.45) is 11.3 Å². The molecule has 1 fully saturated rings. The molecule has 0 aromatic heterocycles. The van der Waals surface area contributed by atoms with Crippen LogP contribution >= 0.6 is 11.6 Å². The van der Waals surface area contributed by atoms with E-state index in [0.717, 1.165) is 16.4 Å². The van der Waals surface area contributed by atoms with E-state index in [2.05, 4.69) is 0 Å². The molecule has 0 unspecified atom stereocenters. The predicted molar refractivity (Wildman–Crippen MR) is 130 cm³/mol. The highest BCUT2D eigenvalue weighted by molar-refractivity contribution is 7.92. The van der Waals surface area contributed by atoms with Crippen molar-refractivity contribution in [1.29, 1.82) is 0 Å². The third kappa shape index (κ3) is 3.86. The van der Waals surface area contributed by atoms with Gasteiger partial charge in [-0.05, 0) is 49.2 Å². The number of carbonyl (C=O) groups excluding carboxylic acids is 1. The lowest BCUT2D eigenvalue weighted by molar-refractivity contribution is -0.136. The number of ketones is 1. The molecule has 12 heteroatoms. The van der Waals surface area contributed by atoms with E-state index >= 15 is 4.39 Å². The number of Topliss-reactive ketones (excluding diaryl/α,β-unsaturated/α-hetero) is 1. The van der Waals surface area contributed by atoms with E-state index in [9.17, 15) is 26.0 Å². The Labute approximate surface area is 214 Å². The van der Waals surface area contributed by atoms with Crippen molar-refractivity contribution in [2.45, 2.75) is 35.8 Å². The Morgan fingerprint density at radius 2 is 1.67 bits per heavy atom. The number of fused-ring (bicyclic) bond motifs is 3. The van der Waals surface area contributed by atoms with Gasteiger partial charge in [0.05, 0.1) is 22.8 Å².